The van der Waals surface area contributed by atoms with Crippen LogP contribution in [0.15, 0.2) is 24.3 Å². The molecule has 0 spiro atoms. The van der Waals surface area contributed by atoms with Gasteiger partial charge in [0.2, 0.25) is 0 Å². The summed E-state index contributed by atoms with van der Waals surface area (Å²) in [5.74, 6) is 0. The van der Waals surface area contributed by atoms with Crippen molar-refractivity contribution in [1.82, 2.24) is 0 Å². The molecule has 0 saturated heterocycles. The minimum Gasteiger partial charge on any atom is -0.298 e. The second-order valence-electron chi connectivity index (χ2n) is 3.08. The number of hydrogen-bond donors (Lipinski definition) is 0. The van der Waals surface area contributed by atoms with E-state index in [-0.39, 0.29) is 0 Å². The van der Waals surface area contributed by atoms with Crippen molar-refractivity contribution in [1.29, 1.82) is 0 Å². The molecule has 0 unspecified atom stereocenters. The number of rotatable bonds is 1. The maximum atomic E-state index is 10.6. The Kier molecular flexibility index (Phi) is 2.87. The Bertz CT molecular complexity index is 549. The van der Waals surface area contributed by atoms with E-state index < -0.39 is 0 Å². The van der Waals surface area contributed by atoms with Gasteiger partial charge in [0.25, 0.3) is 0 Å². The molecule has 2 aromatic rings. The standard InChI is InChI=1S/C11H5Cl3O/c12-9-4-7-3-6(5-15)1-2-8(7)10(13)11(9)14/h1-5H. The molecule has 0 bridgehead atoms. The molecule has 0 heterocycles. The summed E-state index contributed by atoms with van der Waals surface area (Å²) in [6.45, 7) is 0. The predicted molar refractivity (Wildman–Crippen MR) is 64.4 cm³/mol. The van der Waals surface area contributed by atoms with Crippen LogP contribution in [0.2, 0.25) is 15.1 Å². The molecule has 0 aromatic heterocycles. The van der Waals surface area contributed by atoms with Crippen molar-refractivity contribution in [3.05, 3.63) is 44.9 Å². The molecule has 0 amide bonds. The zero-order chi connectivity index (χ0) is 11.0. The van der Waals surface area contributed by atoms with Crippen molar-refractivity contribution < 1.29 is 4.79 Å². The fraction of sp³-hybridized carbons (Fsp3) is 0. The Morgan fingerprint density at radius 1 is 1.00 bits per heavy atom. The van der Waals surface area contributed by atoms with Gasteiger partial charge in [0.1, 0.15) is 6.29 Å². The molecule has 15 heavy (non-hydrogen) atoms. The van der Waals surface area contributed by atoms with Crippen LogP contribution in [0, 0.1) is 0 Å². The number of benzene rings is 2. The Labute approximate surface area is 102 Å². The SMILES string of the molecule is O=Cc1ccc2c(Cl)c(Cl)c(Cl)cc2c1. The first-order valence-corrected chi connectivity index (χ1v) is 5.29. The molecule has 0 saturated carbocycles. The molecule has 0 aliphatic heterocycles. The zero-order valence-electron chi connectivity index (χ0n) is 7.43. The van der Waals surface area contributed by atoms with Crippen molar-refractivity contribution in [3.63, 3.8) is 0 Å². The minimum absolute atomic E-state index is 0.338. The van der Waals surface area contributed by atoms with Gasteiger partial charge in [0, 0.05) is 10.9 Å². The topological polar surface area (TPSA) is 17.1 Å². The second kappa shape index (κ2) is 4.01. The van der Waals surface area contributed by atoms with Gasteiger partial charge in [0.15, 0.2) is 0 Å². The molecular formula is C11H5Cl3O. The molecule has 0 atom stereocenters. The molecule has 2 aromatic carbocycles. The van der Waals surface area contributed by atoms with E-state index in [0.29, 0.717) is 20.6 Å². The lowest BCUT2D eigenvalue weighted by molar-refractivity contribution is 0.112. The fourth-order valence-corrected chi connectivity index (χ4v) is 2.09. The number of carbonyl (C=O) groups is 1. The minimum atomic E-state index is 0.338. The number of carbonyl (C=O) groups excluding carboxylic acids is 1. The summed E-state index contributed by atoms with van der Waals surface area (Å²) in [4.78, 5) is 10.6. The summed E-state index contributed by atoms with van der Waals surface area (Å²) in [5, 5.41) is 2.73. The quantitative estimate of drug-likeness (QED) is 0.540. The number of halogens is 3. The molecule has 0 fully saturated rings. The van der Waals surface area contributed by atoms with Crippen LogP contribution in [0.25, 0.3) is 10.8 Å². The summed E-state index contributed by atoms with van der Waals surface area (Å²) in [5.41, 5.74) is 0.581. The largest absolute Gasteiger partial charge is 0.298 e. The first kappa shape index (κ1) is 10.7. The Morgan fingerprint density at radius 2 is 1.73 bits per heavy atom. The van der Waals surface area contributed by atoms with E-state index in [0.717, 1.165) is 17.1 Å². The smallest absolute Gasteiger partial charge is 0.150 e. The van der Waals surface area contributed by atoms with Crippen molar-refractivity contribution >= 4 is 51.9 Å². The lowest BCUT2D eigenvalue weighted by atomic mass is 10.1. The van der Waals surface area contributed by atoms with E-state index in [1.807, 2.05) is 0 Å². The van der Waals surface area contributed by atoms with E-state index in [4.69, 9.17) is 34.8 Å². The van der Waals surface area contributed by atoms with Gasteiger partial charge in [-0.2, -0.15) is 0 Å². The average Bonchev–Trinajstić information content (AvgIpc) is 2.25. The van der Waals surface area contributed by atoms with Gasteiger partial charge in [-0.05, 0) is 17.5 Å². The van der Waals surface area contributed by atoms with Gasteiger partial charge in [-0.3, -0.25) is 4.79 Å². The molecule has 4 heteroatoms. The third-order valence-electron chi connectivity index (χ3n) is 2.13. The Hall–Kier alpha value is -0.760. The highest BCUT2D eigenvalue weighted by Gasteiger charge is 2.08. The summed E-state index contributed by atoms with van der Waals surface area (Å²) >= 11 is 17.8. The second-order valence-corrected chi connectivity index (χ2v) is 4.25. The van der Waals surface area contributed by atoms with Crippen LogP contribution in [-0.4, -0.2) is 6.29 Å². The van der Waals surface area contributed by atoms with E-state index in [1.165, 1.54) is 0 Å². The maximum Gasteiger partial charge on any atom is 0.150 e. The highest BCUT2D eigenvalue weighted by molar-refractivity contribution is 6.50. The van der Waals surface area contributed by atoms with Gasteiger partial charge in [0.05, 0.1) is 15.1 Å². The highest BCUT2D eigenvalue weighted by atomic mass is 35.5. The highest BCUT2D eigenvalue weighted by Crippen LogP contribution is 2.36. The lowest BCUT2D eigenvalue weighted by Gasteiger charge is -2.05. The van der Waals surface area contributed by atoms with Crippen LogP contribution in [0.5, 0.6) is 0 Å². The number of fused-ring (bicyclic) bond motifs is 1. The first-order valence-electron chi connectivity index (χ1n) is 4.16. The predicted octanol–water partition coefficient (Wildman–Crippen LogP) is 4.61. The van der Waals surface area contributed by atoms with Crippen LogP contribution in [0.3, 0.4) is 0 Å². The van der Waals surface area contributed by atoms with E-state index in [9.17, 15) is 4.79 Å². The number of hydrogen-bond acceptors (Lipinski definition) is 1. The van der Waals surface area contributed by atoms with Crippen LogP contribution in [0.1, 0.15) is 10.4 Å². The average molecular weight is 260 g/mol. The molecule has 2 rings (SSSR count). The normalized spacial score (nSPS) is 10.6. The van der Waals surface area contributed by atoms with Gasteiger partial charge < -0.3 is 0 Å². The third kappa shape index (κ3) is 1.83. The molecule has 0 N–H and O–H groups in total. The summed E-state index contributed by atoms with van der Waals surface area (Å²) in [6.07, 6.45) is 0.774. The van der Waals surface area contributed by atoms with E-state index >= 15 is 0 Å². The number of aldehydes is 1. The lowest BCUT2D eigenvalue weighted by Crippen LogP contribution is -1.82. The monoisotopic (exact) mass is 258 g/mol. The third-order valence-corrected chi connectivity index (χ3v) is 3.41. The van der Waals surface area contributed by atoms with Crippen LogP contribution in [0.4, 0.5) is 0 Å². The molecule has 0 radical (unpaired) electrons. The molecular weight excluding hydrogens is 254 g/mol. The molecule has 0 aliphatic carbocycles. The van der Waals surface area contributed by atoms with Crippen molar-refractivity contribution in [3.8, 4) is 0 Å². The molecule has 1 nitrogen and oxygen atoms in total. The molecule has 0 aliphatic rings. The Morgan fingerprint density at radius 3 is 2.40 bits per heavy atom. The Balaban J connectivity index is 2.86. The van der Waals surface area contributed by atoms with Crippen LogP contribution < -0.4 is 0 Å². The van der Waals surface area contributed by atoms with Crippen molar-refractivity contribution in [2.75, 3.05) is 0 Å². The van der Waals surface area contributed by atoms with E-state index in [1.54, 1.807) is 24.3 Å². The van der Waals surface area contributed by atoms with Crippen LogP contribution in [-0.2, 0) is 0 Å². The molecule has 76 valence electrons. The summed E-state index contributed by atoms with van der Waals surface area (Å²) in [7, 11) is 0. The zero-order valence-corrected chi connectivity index (χ0v) is 9.70. The maximum absolute atomic E-state index is 10.6. The summed E-state index contributed by atoms with van der Waals surface area (Å²) in [6, 6.07) is 6.85. The van der Waals surface area contributed by atoms with Gasteiger partial charge in [-0.1, -0.05) is 46.9 Å². The van der Waals surface area contributed by atoms with Gasteiger partial charge >= 0.3 is 0 Å². The summed E-state index contributed by atoms with van der Waals surface area (Å²) < 4.78 is 0. The first-order chi connectivity index (χ1) is 7.13. The van der Waals surface area contributed by atoms with Crippen LogP contribution >= 0.6 is 34.8 Å². The van der Waals surface area contributed by atoms with Gasteiger partial charge in [-0.15, -0.1) is 0 Å². The van der Waals surface area contributed by atoms with E-state index in [2.05, 4.69) is 0 Å². The fourth-order valence-electron chi connectivity index (χ4n) is 1.40. The van der Waals surface area contributed by atoms with Gasteiger partial charge in [-0.25, -0.2) is 0 Å². The van der Waals surface area contributed by atoms with Crippen molar-refractivity contribution in [2.24, 2.45) is 0 Å². The van der Waals surface area contributed by atoms with Crippen molar-refractivity contribution in [2.45, 2.75) is 0 Å².